The summed E-state index contributed by atoms with van der Waals surface area (Å²) in [4.78, 5) is 19.4. The van der Waals surface area contributed by atoms with Crippen LogP contribution in [0, 0.1) is 12.7 Å². The highest BCUT2D eigenvalue weighted by Gasteiger charge is 2.12. The Morgan fingerprint density at radius 2 is 2.26 bits per heavy atom. The van der Waals surface area contributed by atoms with Gasteiger partial charge in [0.05, 0.1) is 11.8 Å². The van der Waals surface area contributed by atoms with Crippen molar-refractivity contribution in [3.63, 3.8) is 0 Å². The maximum atomic E-state index is 13.0. The van der Waals surface area contributed by atoms with E-state index in [-0.39, 0.29) is 10.7 Å². The molecule has 1 amide bonds. The molecule has 2 aromatic heterocycles. The Kier molecular flexibility index (Phi) is 4.06. The van der Waals surface area contributed by atoms with Crippen molar-refractivity contribution in [1.82, 2.24) is 15.3 Å². The van der Waals surface area contributed by atoms with E-state index in [2.05, 4.69) is 15.3 Å². The zero-order valence-electron chi connectivity index (χ0n) is 10.2. The van der Waals surface area contributed by atoms with E-state index in [1.807, 2.05) is 13.0 Å². The van der Waals surface area contributed by atoms with Crippen LogP contribution in [0.25, 0.3) is 0 Å². The molecule has 0 aliphatic rings. The first-order valence-corrected chi connectivity index (χ1v) is 5.94. The molecule has 0 atom stereocenters. The number of carbonyl (C=O) groups excluding carboxylic acids is 1. The number of hydrogen-bond acceptors (Lipinski definition) is 3. The van der Waals surface area contributed by atoms with Crippen LogP contribution >= 0.6 is 11.6 Å². The van der Waals surface area contributed by atoms with Crippen LogP contribution in [0.3, 0.4) is 0 Å². The van der Waals surface area contributed by atoms with Crippen LogP contribution in [0.15, 0.2) is 30.7 Å². The quantitative estimate of drug-likeness (QED) is 0.879. The van der Waals surface area contributed by atoms with E-state index in [1.54, 1.807) is 12.4 Å². The first-order chi connectivity index (χ1) is 9.08. The molecule has 0 radical (unpaired) electrons. The van der Waals surface area contributed by atoms with E-state index in [4.69, 9.17) is 11.6 Å². The van der Waals surface area contributed by atoms with Gasteiger partial charge in [-0.15, -0.1) is 0 Å². The molecule has 0 aliphatic heterocycles. The maximum absolute atomic E-state index is 13.0. The van der Waals surface area contributed by atoms with Crippen LogP contribution in [0.4, 0.5) is 4.39 Å². The highest BCUT2D eigenvalue weighted by atomic mass is 35.5. The lowest BCUT2D eigenvalue weighted by Gasteiger charge is -2.08. The number of nitrogens with zero attached hydrogens (tertiary/aromatic N) is 2. The summed E-state index contributed by atoms with van der Waals surface area (Å²) >= 11 is 5.75. The average Bonchev–Trinajstić information content (AvgIpc) is 2.40. The number of pyridine rings is 2. The van der Waals surface area contributed by atoms with Crippen molar-refractivity contribution < 1.29 is 9.18 Å². The summed E-state index contributed by atoms with van der Waals surface area (Å²) < 4.78 is 13.0. The standard InChI is InChI=1S/C13H11ClFN3O/c1-8-2-3-16-5-9(8)6-18-13(19)11-4-10(15)7-17-12(11)14/h2-5,7H,6H2,1H3,(H,18,19). The lowest BCUT2D eigenvalue weighted by Crippen LogP contribution is -2.24. The molecular formula is C13H11ClFN3O. The average molecular weight is 280 g/mol. The molecule has 98 valence electrons. The molecule has 0 unspecified atom stereocenters. The van der Waals surface area contributed by atoms with Gasteiger partial charge in [0.25, 0.3) is 5.91 Å². The minimum Gasteiger partial charge on any atom is -0.348 e. The Labute approximate surface area is 114 Å². The Hall–Kier alpha value is -2.01. The summed E-state index contributed by atoms with van der Waals surface area (Å²) in [6.07, 6.45) is 4.30. The van der Waals surface area contributed by atoms with Crippen LogP contribution in [0.1, 0.15) is 21.5 Å². The predicted octanol–water partition coefficient (Wildman–Crippen LogP) is 2.51. The van der Waals surface area contributed by atoms with Gasteiger partial charge in [0.1, 0.15) is 11.0 Å². The second-order valence-electron chi connectivity index (χ2n) is 3.98. The second-order valence-corrected chi connectivity index (χ2v) is 4.33. The van der Waals surface area contributed by atoms with Gasteiger partial charge in [-0.05, 0) is 30.2 Å². The second kappa shape index (κ2) is 5.75. The van der Waals surface area contributed by atoms with E-state index in [0.29, 0.717) is 6.54 Å². The first-order valence-electron chi connectivity index (χ1n) is 5.56. The molecule has 0 saturated heterocycles. The first kappa shape index (κ1) is 13.4. The zero-order chi connectivity index (χ0) is 13.8. The summed E-state index contributed by atoms with van der Waals surface area (Å²) in [7, 11) is 0. The summed E-state index contributed by atoms with van der Waals surface area (Å²) in [5, 5.41) is 2.63. The summed E-state index contributed by atoms with van der Waals surface area (Å²) in [6.45, 7) is 2.21. The van der Waals surface area contributed by atoms with Crippen molar-refractivity contribution in [3.8, 4) is 0 Å². The monoisotopic (exact) mass is 279 g/mol. The Balaban J connectivity index is 2.10. The van der Waals surface area contributed by atoms with Crippen molar-refractivity contribution in [2.24, 2.45) is 0 Å². The van der Waals surface area contributed by atoms with Crippen molar-refractivity contribution >= 4 is 17.5 Å². The van der Waals surface area contributed by atoms with Gasteiger partial charge in [0, 0.05) is 18.9 Å². The molecule has 0 fully saturated rings. The minimum atomic E-state index is -0.605. The van der Waals surface area contributed by atoms with Crippen molar-refractivity contribution in [2.45, 2.75) is 13.5 Å². The van der Waals surface area contributed by atoms with E-state index >= 15 is 0 Å². The van der Waals surface area contributed by atoms with E-state index in [9.17, 15) is 9.18 Å². The fourth-order valence-electron chi connectivity index (χ4n) is 1.53. The SMILES string of the molecule is Cc1ccncc1CNC(=O)c1cc(F)cnc1Cl. The lowest BCUT2D eigenvalue weighted by atomic mass is 10.1. The number of aromatic nitrogens is 2. The third-order valence-corrected chi connectivity index (χ3v) is 2.94. The summed E-state index contributed by atoms with van der Waals surface area (Å²) in [6, 6.07) is 2.90. The Morgan fingerprint density at radius 3 is 3.00 bits per heavy atom. The number of hydrogen-bond donors (Lipinski definition) is 1. The molecule has 2 aromatic rings. The number of amides is 1. The number of rotatable bonds is 3. The van der Waals surface area contributed by atoms with Gasteiger partial charge in [0.15, 0.2) is 0 Å². The van der Waals surface area contributed by atoms with Gasteiger partial charge < -0.3 is 5.32 Å². The number of nitrogens with one attached hydrogen (secondary N) is 1. The van der Waals surface area contributed by atoms with Crippen molar-refractivity contribution in [2.75, 3.05) is 0 Å². The summed E-state index contributed by atoms with van der Waals surface area (Å²) in [5.41, 5.74) is 1.92. The molecule has 1 N–H and O–H groups in total. The van der Waals surface area contributed by atoms with E-state index < -0.39 is 11.7 Å². The number of carbonyl (C=O) groups is 1. The highest BCUT2D eigenvalue weighted by molar-refractivity contribution is 6.32. The molecule has 2 heterocycles. The summed E-state index contributed by atoms with van der Waals surface area (Å²) in [5.74, 6) is -1.08. The van der Waals surface area contributed by atoms with E-state index in [0.717, 1.165) is 23.4 Å². The van der Waals surface area contributed by atoms with Crippen LogP contribution in [-0.4, -0.2) is 15.9 Å². The van der Waals surface area contributed by atoms with Gasteiger partial charge in [-0.2, -0.15) is 0 Å². The number of halogens is 2. The van der Waals surface area contributed by atoms with Crippen LogP contribution in [-0.2, 0) is 6.54 Å². The third-order valence-electron chi connectivity index (χ3n) is 2.64. The van der Waals surface area contributed by atoms with Crippen molar-refractivity contribution in [3.05, 3.63) is 58.4 Å². The van der Waals surface area contributed by atoms with Gasteiger partial charge in [-0.1, -0.05) is 11.6 Å². The van der Waals surface area contributed by atoms with Gasteiger partial charge in [-0.3, -0.25) is 9.78 Å². The van der Waals surface area contributed by atoms with Crippen molar-refractivity contribution in [1.29, 1.82) is 0 Å². The van der Waals surface area contributed by atoms with Gasteiger partial charge in [0.2, 0.25) is 0 Å². The molecule has 4 nitrogen and oxygen atoms in total. The molecular weight excluding hydrogens is 269 g/mol. The number of aryl methyl sites for hydroxylation is 1. The topological polar surface area (TPSA) is 54.9 Å². The molecule has 0 spiro atoms. The van der Waals surface area contributed by atoms with E-state index in [1.165, 1.54) is 0 Å². The zero-order valence-corrected chi connectivity index (χ0v) is 10.9. The van der Waals surface area contributed by atoms with Crippen LogP contribution in [0.5, 0.6) is 0 Å². The fraction of sp³-hybridized carbons (Fsp3) is 0.154. The maximum Gasteiger partial charge on any atom is 0.254 e. The lowest BCUT2D eigenvalue weighted by molar-refractivity contribution is 0.0950. The third kappa shape index (κ3) is 3.26. The molecule has 2 rings (SSSR count). The minimum absolute atomic E-state index is 0.0169. The normalized spacial score (nSPS) is 10.3. The molecule has 19 heavy (non-hydrogen) atoms. The van der Waals surface area contributed by atoms with Crippen LogP contribution < -0.4 is 5.32 Å². The highest BCUT2D eigenvalue weighted by Crippen LogP contribution is 2.14. The largest absolute Gasteiger partial charge is 0.348 e. The molecule has 0 aliphatic carbocycles. The van der Waals surface area contributed by atoms with Gasteiger partial charge >= 0.3 is 0 Å². The molecule has 0 aromatic carbocycles. The Morgan fingerprint density at radius 1 is 1.47 bits per heavy atom. The molecule has 6 heteroatoms. The smallest absolute Gasteiger partial charge is 0.254 e. The Bertz CT molecular complexity index is 619. The molecule has 0 bridgehead atoms. The van der Waals surface area contributed by atoms with Gasteiger partial charge in [-0.25, -0.2) is 9.37 Å². The molecule has 0 saturated carbocycles. The van der Waals surface area contributed by atoms with Crippen LogP contribution in [0.2, 0.25) is 5.15 Å². The predicted molar refractivity (Wildman–Crippen MR) is 69.3 cm³/mol. The fourth-order valence-corrected chi connectivity index (χ4v) is 1.72.